The Morgan fingerprint density at radius 1 is 1.29 bits per heavy atom. The van der Waals surface area contributed by atoms with Crippen LogP contribution in [0.3, 0.4) is 0 Å². The Morgan fingerprint density at radius 2 is 1.95 bits per heavy atom. The number of hydrogen-bond donors (Lipinski definition) is 3. The van der Waals surface area contributed by atoms with Crippen molar-refractivity contribution >= 4 is 27.3 Å². The maximum absolute atomic E-state index is 12.4. The van der Waals surface area contributed by atoms with Gasteiger partial charge in [0.2, 0.25) is 10.0 Å². The molecule has 0 radical (unpaired) electrons. The maximum atomic E-state index is 12.4. The van der Waals surface area contributed by atoms with E-state index in [1.165, 1.54) is 26.4 Å². The first-order chi connectivity index (χ1) is 9.89. The smallest absolute Gasteiger partial charge is 0.238 e. The molecule has 3 N–H and O–H groups in total. The van der Waals surface area contributed by atoms with Crippen molar-refractivity contribution in [2.45, 2.75) is 18.2 Å². The standard InChI is InChI=1S/C12H18ClN3O4S/c1-7-12(6-14-15-7)21(17,18)16-9-4-8(13)10(19-2)5-11(9)20-3/h4-5,7,12,14-16H,6H2,1-3H3. The molecular formula is C12H18ClN3O4S. The Bertz CT molecular complexity index is 623. The Labute approximate surface area is 129 Å². The average Bonchev–Trinajstić information content (AvgIpc) is 2.86. The molecule has 1 heterocycles. The maximum Gasteiger partial charge on any atom is 0.238 e. The van der Waals surface area contributed by atoms with Crippen molar-refractivity contribution in [1.82, 2.24) is 10.9 Å². The second-order valence-corrected chi connectivity index (χ2v) is 6.99. The normalized spacial score (nSPS) is 22.1. The van der Waals surface area contributed by atoms with Gasteiger partial charge in [0.25, 0.3) is 0 Å². The molecule has 1 saturated heterocycles. The number of sulfonamides is 1. The summed E-state index contributed by atoms with van der Waals surface area (Å²) in [6.45, 7) is 2.12. The molecule has 0 saturated carbocycles. The van der Waals surface area contributed by atoms with Crippen molar-refractivity contribution in [2.75, 3.05) is 25.5 Å². The van der Waals surface area contributed by atoms with Gasteiger partial charge in [-0.1, -0.05) is 11.6 Å². The van der Waals surface area contributed by atoms with Gasteiger partial charge in [-0.25, -0.2) is 8.42 Å². The first kappa shape index (κ1) is 16.2. The number of hydrogen-bond acceptors (Lipinski definition) is 6. The summed E-state index contributed by atoms with van der Waals surface area (Å²) in [4.78, 5) is 0. The van der Waals surface area contributed by atoms with Crippen LogP contribution in [0.5, 0.6) is 11.5 Å². The van der Waals surface area contributed by atoms with Crippen LogP contribution in [0.1, 0.15) is 6.92 Å². The number of methoxy groups -OCH3 is 2. The van der Waals surface area contributed by atoms with Gasteiger partial charge in [0.1, 0.15) is 16.7 Å². The highest BCUT2D eigenvalue weighted by molar-refractivity contribution is 7.93. The fourth-order valence-corrected chi connectivity index (χ4v) is 3.90. The predicted octanol–water partition coefficient (Wildman–Crippen LogP) is 0.964. The van der Waals surface area contributed by atoms with E-state index in [4.69, 9.17) is 21.1 Å². The van der Waals surface area contributed by atoms with Gasteiger partial charge >= 0.3 is 0 Å². The lowest BCUT2D eigenvalue weighted by Gasteiger charge is -2.18. The molecule has 9 heteroatoms. The summed E-state index contributed by atoms with van der Waals surface area (Å²) >= 11 is 6.04. The topological polar surface area (TPSA) is 88.7 Å². The van der Waals surface area contributed by atoms with E-state index >= 15 is 0 Å². The van der Waals surface area contributed by atoms with Crippen LogP contribution >= 0.6 is 11.6 Å². The Balaban J connectivity index is 2.32. The lowest BCUT2D eigenvalue weighted by atomic mass is 10.3. The second kappa shape index (κ2) is 6.27. The van der Waals surface area contributed by atoms with E-state index < -0.39 is 15.3 Å². The highest BCUT2D eigenvalue weighted by Gasteiger charge is 2.35. The van der Waals surface area contributed by atoms with E-state index in [2.05, 4.69) is 15.6 Å². The molecule has 2 unspecified atom stereocenters. The zero-order valence-electron chi connectivity index (χ0n) is 11.9. The van der Waals surface area contributed by atoms with Crippen molar-refractivity contribution in [3.8, 4) is 11.5 Å². The molecular weight excluding hydrogens is 318 g/mol. The van der Waals surface area contributed by atoms with Crippen molar-refractivity contribution in [2.24, 2.45) is 0 Å². The zero-order valence-corrected chi connectivity index (χ0v) is 13.5. The summed E-state index contributed by atoms with van der Waals surface area (Å²) in [6.07, 6.45) is 0. The number of nitrogens with one attached hydrogen (secondary N) is 3. The molecule has 0 amide bonds. The lowest BCUT2D eigenvalue weighted by molar-refractivity contribution is 0.396. The van der Waals surface area contributed by atoms with Gasteiger partial charge < -0.3 is 9.47 Å². The fourth-order valence-electron chi connectivity index (χ4n) is 2.14. The van der Waals surface area contributed by atoms with Gasteiger partial charge in [0.15, 0.2) is 0 Å². The Kier molecular flexibility index (Phi) is 4.82. The minimum atomic E-state index is -3.59. The predicted molar refractivity (Wildman–Crippen MR) is 81.5 cm³/mol. The third-order valence-corrected chi connectivity index (χ3v) is 5.49. The highest BCUT2D eigenvalue weighted by Crippen LogP contribution is 2.36. The van der Waals surface area contributed by atoms with Crippen LogP contribution in [0.4, 0.5) is 5.69 Å². The van der Waals surface area contributed by atoms with Crippen LogP contribution in [0.25, 0.3) is 0 Å². The average molecular weight is 336 g/mol. The lowest BCUT2D eigenvalue weighted by Crippen LogP contribution is -2.38. The van der Waals surface area contributed by atoms with Gasteiger partial charge in [-0.2, -0.15) is 0 Å². The first-order valence-electron chi connectivity index (χ1n) is 6.30. The third-order valence-electron chi connectivity index (χ3n) is 3.32. The van der Waals surface area contributed by atoms with Crippen LogP contribution in [-0.4, -0.2) is 40.5 Å². The molecule has 0 spiro atoms. The van der Waals surface area contributed by atoms with E-state index in [1.807, 2.05) is 0 Å². The Hall–Kier alpha value is -1.22. The molecule has 1 aliphatic rings. The fraction of sp³-hybridized carbons (Fsp3) is 0.500. The minimum absolute atomic E-state index is 0.206. The van der Waals surface area contributed by atoms with Gasteiger partial charge in [0.05, 0.1) is 24.9 Å². The molecule has 0 bridgehead atoms. The largest absolute Gasteiger partial charge is 0.495 e. The van der Waals surface area contributed by atoms with Crippen LogP contribution in [0.15, 0.2) is 12.1 Å². The number of hydrazine groups is 1. The van der Waals surface area contributed by atoms with E-state index in [0.717, 1.165) is 0 Å². The molecule has 118 valence electrons. The number of rotatable bonds is 5. The molecule has 7 nitrogen and oxygen atoms in total. The number of benzene rings is 1. The monoisotopic (exact) mass is 335 g/mol. The van der Waals surface area contributed by atoms with E-state index in [9.17, 15) is 8.42 Å². The van der Waals surface area contributed by atoms with Crippen LogP contribution in [0, 0.1) is 0 Å². The van der Waals surface area contributed by atoms with E-state index in [0.29, 0.717) is 23.1 Å². The van der Waals surface area contributed by atoms with Crippen molar-refractivity contribution in [3.63, 3.8) is 0 Å². The van der Waals surface area contributed by atoms with Crippen molar-refractivity contribution in [1.29, 1.82) is 0 Å². The second-order valence-electron chi connectivity index (χ2n) is 4.69. The van der Waals surface area contributed by atoms with Gasteiger partial charge in [-0.05, 0) is 13.0 Å². The molecule has 1 aromatic carbocycles. The number of ether oxygens (including phenoxy) is 2. The van der Waals surface area contributed by atoms with Crippen LogP contribution < -0.4 is 25.0 Å². The quantitative estimate of drug-likeness (QED) is 0.743. The van der Waals surface area contributed by atoms with Gasteiger partial charge in [0, 0.05) is 18.7 Å². The van der Waals surface area contributed by atoms with E-state index in [1.54, 1.807) is 6.92 Å². The summed E-state index contributed by atoms with van der Waals surface area (Å²) in [5.41, 5.74) is 5.98. The molecule has 21 heavy (non-hydrogen) atoms. The van der Waals surface area contributed by atoms with Crippen LogP contribution in [-0.2, 0) is 10.0 Å². The number of halogens is 1. The molecule has 2 atom stereocenters. The highest BCUT2D eigenvalue weighted by atomic mass is 35.5. The summed E-state index contributed by atoms with van der Waals surface area (Å²) in [5, 5.41) is -0.296. The summed E-state index contributed by atoms with van der Waals surface area (Å²) in [5.74, 6) is 0.750. The molecule has 0 aromatic heterocycles. The molecule has 1 fully saturated rings. The van der Waals surface area contributed by atoms with E-state index in [-0.39, 0.29) is 11.7 Å². The molecule has 2 rings (SSSR count). The zero-order chi connectivity index (χ0) is 15.6. The van der Waals surface area contributed by atoms with Crippen LogP contribution in [0.2, 0.25) is 5.02 Å². The van der Waals surface area contributed by atoms with Gasteiger partial charge in [-0.3, -0.25) is 15.6 Å². The third kappa shape index (κ3) is 3.34. The molecule has 0 aliphatic carbocycles. The molecule has 1 aromatic rings. The van der Waals surface area contributed by atoms with Gasteiger partial charge in [-0.15, -0.1) is 0 Å². The van der Waals surface area contributed by atoms with Crippen molar-refractivity contribution < 1.29 is 17.9 Å². The Morgan fingerprint density at radius 3 is 2.48 bits per heavy atom. The summed E-state index contributed by atoms with van der Waals surface area (Å²) in [6, 6.07) is 2.80. The minimum Gasteiger partial charge on any atom is -0.495 e. The molecule has 1 aliphatic heterocycles. The van der Waals surface area contributed by atoms with Crippen molar-refractivity contribution in [3.05, 3.63) is 17.2 Å². The first-order valence-corrected chi connectivity index (χ1v) is 8.23. The summed E-state index contributed by atoms with van der Waals surface area (Å²) in [7, 11) is -0.665. The number of anilines is 1. The summed E-state index contributed by atoms with van der Waals surface area (Å²) < 4.78 is 37.6. The SMILES string of the molecule is COc1cc(OC)c(NS(=O)(=O)C2CNNC2C)cc1Cl.